The fraction of sp³-hybridized carbons (Fsp3) is 0.304. The Balaban J connectivity index is 1.72. The standard InChI is InChI=1S/C23H22ClFN2O4/c1-12-19(31-3)11-17-14(20(12)24)10-18(27(17)2)21(28)26-23(7-4-8-23)15-6-5-13(22(29)30)9-16(15)25/h5-6,9-11H,4,7-8H2,1-3H3,(H,26,28)(H,29,30). The average molecular weight is 445 g/mol. The molecule has 0 atom stereocenters. The van der Waals surface area contributed by atoms with Crippen molar-refractivity contribution < 1.29 is 23.8 Å². The van der Waals surface area contributed by atoms with Crippen molar-refractivity contribution in [3.63, 3.8) is 0 Å². The van der Waals surface area contributed by atoms with E-state index in [4.69, 9.17) is 21.4 Å². The summed E-state index contributed by atoms with van der Waals surface area (Å²) in [5, 5.41) is 13.3. The number of aryl methyl sites for hydroxylation is 1. The molecule has 0 bridgehead atoms. The summed E-state index contributed by atoms with van der Waals surface area (Å²) in [6, 6.07) is 7.35. The molecule has 1 aliphatic carbocycles. The highest BCUT2D eigenvalue weighted by Gasteiger charge is 2.42. The van der Waals surface area contributed by atoms with Crippen LogP contribution in [0, 0.1) is 12.7 Å². The quantitative estimate of drug-likeness (QED) is 0.592. The number of ether oxygens (including phenoxy) is 1. The Morgan fingerprint density at radius 1 is 1.26 bits per heavy atom. The highest BCUT2D eigenvalue weighted by molar-refractivity contribution is 6.36. The van der Waals surface area contributed by atoms with Crippen LogP contribution in [-0.2, 0) is 12.6 Å². The lowest BCUT2D eigenvalue weighted by Crippen LogP contribution is -2.51. The van der Waals surface area contributed by atoms with E-state index in [-0.39, 0.29) is 11.5 Å². The van der Waals surface area contributed by atoms with Crippen molar-refractivity contribution in [1.29, 1.82) is 0 Å². The predicted octanol–water partition coefficient (Wildman–Crippen LogP) is 4.80. The summed E-state index contributed by atoms with van der Waals surface area (Å²) >= 11 is 6.51. The number of carbonyl (C=O) groups excluding carboxylic acids is 1. The van der Waals surface area contributed by atoms with E-state index in [0.717, 1.165) is 29.0 Å². The molecule has 1 aromatic heterocycles. The van der Waals surface area contributed by atoms with Crippen molar-refractivity contribution in [3.8, 4) is 5.75 Å². The Morgan fingerprint density at radius 2 is 1.97 bits per heavy atom. The van der Waals surface area contributed by atoms with E-state index in [1.807, 2.05) is 13.0 Å². The largest absolute Gasteiger partial charge is 0.496 e. The van der Waals surface area contributed by atoms with Gasteiger partial charge in [0, 0.05) is 29.6 Å². The first-order chi connectivity index (χ1) is 14.7. The molecule has 1 saturated carbocycles. The first-order valence-corrected chi connectivity index (χ1v) is 10.2. The number of carboxylic acid groups (broad SMARTS) is 1. The Bertz CT molecular complexity index is 1230. The fourth-order valence-electron chi connectivity index (χ4n) is 4.25. The third-order valence-electron chi connectivity index (χ3n) is 6.23. The second-order valence-corrected chi connectivity index (χ2v) is 8.31. The molecule has 0 spiro atoms. The molecule has 0 radical (unpaired) electrons. The maximum Gasteiger partial charge on any atom is 0.335 e. The molecule has 0 saturated heterocycles. The van der Waals surface area contributed by atoms with Gasteiger partial charge in [-0.05, 0) is 44.4 Å². The average Bonchev–Trinajstić information content (AvgIpc) is 3.04. The first-order valence-electron chi connectivity index (χ1n) is 9.87. The Labute approximate surface area is 183 Å². The number of methoxy groups -OCH3 is 1. The number of rotatable bonds is 5. The van der Waals surface area contributed by atoms with Gasteiger partial charge < -0.3 is 19.7 Å². The van der Waals surface area contributed by atoms with Crippen LogP contribution in [0.4, 0.5) is 4.39 Å². The third kappa shape index (κ3) is 3.33. The zero-order valence-corrected chi connectivity index (χ0v) is 18.1. The lowest BCUT2D eigenvalue weighted by molar-refractivity contribution is 0.0694. The van der Waals surface area contributed by atoms with E-state index in [9.17, 15) is 14.0 Å². The minimum Gasteiger partial charge on any atom is -0.496 e. The van der Waals surface area contributed by atoms with Gasteiger partial charge in [-0.25, -0.2) is 9.18 Å². The second kappa shape index (κ2) is 7.57. The topological polar surface area (TPSA) is 80.6 Å². The molecule has 1 heterocycles. The molecular formula is C23H22ClFN2O4. The Hall–Kier alpha value is -3.06. The van der Waals surface area contributed by atoms with Crippen molar-refractivity contribution in [2.75, 3.05) is 7.11 Å². The van der Waals surface area contributed by atoms with Crippen molar-refractivity contribution in [1.82, 2.24) is 9.88 Å². The molecule has 1 fully saturated rings. The van der Waals surface area contributed by atoms with Crippen LogP contribution < -0.4 is 10.1 Å². The number of benzene rings is 2. The van der Waals surface area contributed by atoms with Crippen LogP contribution in [0.5, 0.6) is 5.75 Å². The van der Waals surface area contributed by atoms with E-state index in [0.29, 0.717) is 34.9 Å². The maximum absolute atomic E-state index is 14.8. The van der Waals surface area contributed by atoms with Gasteiger partial charge in [-0.1, -0.05) is 17.7 Å². The molecule has 3 aromatic rings. The number of carboxylic acids is 1. The van der Waals surface area contributed by atoms with Gasteiger partial charge in [0.25, 0.3) is 5.91 Å². The molecule has 0 aliphatic heterocycles. The van der Waals surface area contributed by atoms with Gasteiger partial charge in [0.1, 0.15) is 17.3 Å². The Morgan fingerprint density at radius 3 is 2.52 bits per heavy atom. The van der Waals surface area contributed by atoms with Crippen molar-refractivity contribution in [3.05, 3.63) is 63.6 Å². The summed E-state index contributed by atoms with van der Waals surface area (Å²) in [6.07, 6.45) is 1.97. The van der Waals surface area contributed by atoms with Crippen molar-refractivity contribution in [2.45, 2.75) is 31.7 Å². The number of hydrogen-bond donors (Lipinski definition) is 2. The third-order valence-corrected chi connectivity index (χ3v) is 6.71. The normalized spacial score (nSPS) is 14.9. The van der Waals surface area contributed by atoms with Gasteiger partial charge in [-0.15, -0.1) is 0 Å². The van der Waals surface area contributed by atoms with Crippen LogP contribution in [0.2, 0.25) is 5.02 Å². The lowest BCUT2D eigenvalue weighted by Gasteiger charge is -2.43. The summed E-state index contributed by atoms with van der Waals surface area (Å²) in [4.78, 5) is 24.4. The zero-order chi connectivity index (χ0) is 22.5. The van der Waals surface area contributed by atoms with Crippen LogP contribution in [0.1, 0.15) is 51.2 Å². The predicted molar refractivity (Wildman–Crippen MR) is 116 cm³/mol. The summed E-state index contributed by atoms with van der Waals surface area (Å²) < 4.78 is 21.9. The number of halogens is 2. The van der Waals surface area contributed by atoms with E-state index in [1.54, 1.807) is 24.8 Å². The smallest absolute Gasteiger partial charge is 0.335 e. The Kier molecular flexibility index (Phi) is 5.17. The molecule has 4 rings (SSSR count). The van der Waals surface area contributed by atoms with Gasteiger partial charge in [0.05, 0.1) is 28.8 Å². The number of hydrogen-bond acceptors (Lipinski definition) is 3. The lowest BCUT2D eigenvalue weighted by atomic mass is 9.71. The molecule has 0 unspecified atom stereocenters. The van der Waals surface area contributed by atoms with Gasteiger partial charge in [-0.3, -0.25) is 4.79 Å². The van der Waals surface area contributed by atoms with Crippen molar-refractivity contribution >= 4 is 34.4 Å². The molecule has 8 heteroatoms. The second-order valence-electron chi connectivity index (χ2n) is 7.93. The molecule has 31 heavy (non-hydrogen) atoms. The summed E-state index contributed by atoms with van der Waals surface area (Å²) in [5.74, 6) is -1.56. The van der Waals surface area contributed by atoms with E-state index in [2.05, 4.69) is 5.32 Å². The number of fused-ring (bicyclic) bond motifs is 1. The first kappa shape index (κ1) is 21.2. The minimum absolute atomic E-state index is 0.130. The summed E-state index contributed by atoms with van der Waals surface area (Å²) in [5.41, 5.74) is 1.22. The molecule has 162 valence electrons. The van der Waals surface area contributed by atoms with Gasteiger partial charge in [0.2, 0.25) is 0 Å². The molecular weight excluding hydrogens is 423 g/mol. The van der Waals surface area contributed by atoms with Crippen LogP contribution >= 0.6 is 11.6 Å². The molecule has 2 aromatic carbocycles. The van der Waals surface area contributed by atoms with Crippen molar-refractivity contribution in [2.24, 2.45) is 7.05 Å². The highest BCUT2D eigenvalue weighted by atomic mass is 35.5. The van der Waals surface area contributed by atoms with Crippen LogP contribution in [0.15, 0.2) is 30.3 Å². The zero-order valence-electron chi connectivity index (χ0n) is 17.4. The number of aromatic nitrogens is 1. The molecule has 6 nitrogen and oxygen atoms in total. The fourth-order valence-corrected chi connectivity index (χ4v) is 4.49. The van der Waals surface area contributed by atoms with Gasteiger partial charge >= 0.3 is 5.97 Å². The van der Waals surface area contributed by atoms with E-state index in [1.165, 1.54) is 12.1 Å². The van der Waals surface area contributed by atoms with Crippen LogP contribution in [0.25, 0.3) is 10.9 Å². The SMILES string of the molecule is COc1cc2c(cc(C(=O)NC3(c4ccc(C(=O)O)cc4F)CCC3)n2C)c(Cl)c1C. The number of aromatic carboxylic acids is 1. The number of amides is 1. The van der Waals surface area contributed by atoms with Gasteiger partial charge in [-0.2, -0.15) is 0 Å². The number of nitrogens with zero attached hydrogens (tertiary/aromatic N) is 1. The van der Waals surface area contributed by atoms with E-state index < -0.39 is 17.3 Å². The van der Waals surface area contributed by atoms with Gasteiger partial charge in [0.15, 0.2) is 0 Å². The van der Waals surface area contributed by atoms with Crippen LogP contribution in [-0.4, -0.2) is 28.7 Å². The molecule has 2 N–H and O–H groups in total. The molecule has 1 aliphatic rings. The maximum atomic E-state index is 14.8. The van der Waals surface area contributed by atoms with E-state index >= 15 is 0 Å². The number of carbonyl (C=O) groups is 2. The summed E-state index contributed by atoms with van der Waals surface area (Å²) in [7, 11) is 3.32. The summed E-state index contributed by atoms with van der Waals surface area (Å²) in [6.45, 7) is 1.85. The van der Waals surface area contributed by atoms with Crippen LogP contribution in [0.3, 0.4) is 0 Å². The monoisotopic (exact) mass is 444 g/mol. The minimum atomic E-state index is -1.20. The molecule has 1 amide bonds. The highest BCUT2D eigenvalue weighted by Crippen LogP contribution is 2.43. The number of nitrogens with one attached hydrogen (secondary N) is 1.